The molecule has 0 aliphatic carbocycles. The molecule has 4 aromatic rings. The minimum Gasteiger partial charge on any atom is -0.487 e. The first-order valence-corrected chi connectivity index (χ1v) is 9.51. The van der Waals surface area contributed by atoms with Gasteiger partial charge in [-0.1, -0.05) is 30.3 Å². The molecule has 0 atom stereocenters. The number of carbonyl (C=O) groups excluding carboxylic acids is 1. The molecule has 2 aromatic carbocycles. The number of nitrogens with zero attached hydrogens (tertiary/aromatic N) is 3. The van der Waals surface area contributed by atoms with Crippen LogP contribution in [0.4, 0.5) is 0 Å². The van der Waals surface area contributed by atoms with Crippen LogP contribution in [-0.2, 0) is 24.5 Å². The number of ether oxygens (including phenoxy) is 1. The third-order valence-corrected chi connectivity index (χ3v) is 4.57. The predicted octanol–water partition coefficient (Wildman–Crippen LogP) is 2.69. The van der Waals surface area contributed by atoms with E-state index in [9.17, 15) is 9.59 Å². The van der Waals surface area contributed by atoms with Crippen LogP contribution in [0.3, 0.4) is 0 Å². The summed E-state index contributed by atoms with van der Waals surface area (Å²) in [5, 5.41) is 3.32. The van der Waals surface area contributed by atoms with Crippen LogP contribution in [0.5, 0.6) is 5.75 Å². The highest BCUT2D eigenvalue weighted by atomic mass is 16.5. The molecule has 150 valence electrons. The Morgan fingerprint density at radius 3 is 2.57 bits per heavy atom. The molecule has 4 rings (SSSR count). The Labute approximate surface area is 173 Å². The van der Waals surface area contributed by atoms with Crippen molar-refractivity contribution in [1.29, 1.82) is 0 Å². The van der Waals surface area contributed by atoms with Crippen molar-refractivity contribution in [3.05, 3.63) is 101 Å². The maximum absolute atomic E-state index is 12.5. The van der Waals surface area contributed by atoms with E-state index in [1.54, 1.807) is 24.4 Å². The van der Waals surface area contributed by atoms with Crippen LogP contribution >= 0.6 is 0 Å². The molecule has 1 N–H and O–H groups in total. The third-order valence-electron chi connectivity index (χ3n) is 4.57. The zero-order chi connectivity index (χ0) is 20.8. The van der Waals surface area contributed by atoms with Crippen molar-refractivity contribution in [2.24, 2.45) is 0 Å². The van der Waals surface area contributed by atoms with E-state index in [0.717, 1.165) is 17.0 Å². The normalized spacial score (nSPS) is 10.7. The van der Waals surface area contributed by atoms with Crippen molar-refractivity contribution in [3.8, 4) is 5.75 Å². The van der Waals surface area contributed by atoms with Gasteiger partial charge in [-0.25, -0.2) is 4.98 Å². The summed E-state index contributed by atoms with van der Waals surface area (Å²) in [5.74, 6) is 0.467. The average Bonchev–Trinajstić information content (AvgIpc) is 2.80. The average molecular weight is 400 g/mol. The molecule has 2 aromatic heterocycles. The lowest BCUT2D eigenvalue weighted by Crippen LogP contribution is -2.32. The fourth-order valence-corrected chi connectivity index (χ4v) is 2.97. The standard InChI is InChI=1S/C23H20N4O3/c28-22(14-27-16-26-21-7-2-1-6-20(21)23(27)29)25-13-17-8-10-19(11-9-17)30-15-18-5-3-4-12-24-18/h1-12,16H,13-15H2,(H,25,28). The number of hydrogen-bond acceptors (Lipinski definition) is 5. The first-order valence-electron chi connectivity index (χ1n) is 9.51. The Balaban J connectivity index is 1.31. The second-order valence-electron chi connectivity index (χ2n) is 6.73. The van der Waals surface area contributed by atoms with Gasteiger partial charge in [0.05, 0.1) is 22.9 Å². The highest BCUT2D eigenvalue weighted by Gasteiger charge is 2.08. The fourth-order valence-electron chi connectivity index (χ4n) is 2.97. The van der Waals surface area contributed by atoms with Crippen molar-refractivity contribution in [2.75, 3.05) is 0 Å². The molecule has 1 amide bonds. The molecule has 30 heavy (non-hydrogen) atoms. The van der Waals surface area contributed by atoms with Crippen molar-refractivity contribution >= 4 is 16.8 Å². The Hall–Kier alpha value is -4.00. The number of rotatable bonds is 7. The molecule has 2 heterocycles. The second-order valence-corrected chi connectivity index (χ2v) is 6.73. The molecule has 0 saturated heterocycles. The van der Waals surface area contributed by atoms with E-state index in [1.807, 2.05) is 48.5 Å². The number of para-hydroxylation sites is 1. The molecular formula is C23H20N4O3. The summed E-state index contributed by atoms with van der Waals surface area (Å²) < 4.78 is 7.02. The molecule has 0 radical (unpaired) electrons. The summed E-state index contributed by atoms with van der Waals surface area (Å²) >= 11 is 0. The molecule has 0 saturated carbocycles. The number of benzene rings is 2. The van der Waals surface area contributed by atoms with Crippen LogP contribution in [-0.4, -0.2) is 20.4 Å². The van der Waals surface area contributed by atoms with Crippen LogP contribution in [0.15, 0.2) is 84.0 Å². The lowest BCUT2D eigenvalue weighted by molar-refractivity contribution is -0.121. The Kier molecular flexibility index (Phi) is 5.80. The molecule has 0 aliphatic heterocycles. The molecular weight excluding hydrogens is 380 g/mol. The van der Waals surface area contributed by atoms with E-state index < -0.39 is 0 Å². The molecule has 7 nitrogen and oxygen atoms in total. The highest BCUT2D eigenvalue weighted by Crippen LogP contribution is 2.13. The Bertz CT molecular complexity index is 1200. The molecule has 0 fully saturated rings. The molecule has 0 unspecified atom stereocenters. The SMILES string of the molecule is O=C(Cn1cnc2ccccc2c1=O)NCc1ccc(OCc2ccccn2)cc1. The smallest absolute Gasteiger partial charge is 0.261 e. The van der Waals surface area contributed by atoms with Gasteiger partial charge in [-0.05, 0) is 42.0 Å². The van der Waals surface area contributed by atoms with Crippen LogP contribution in [0, 0.1) is 0 Å². The Morgan fingerprint density at radius 1 is 0.967 bits per heavy atom. The van der Waals surface area contributed by atoms with Crippen molar-refractivity contribution in [1.82, 2.24) is 19.9 Å². The van der Waals surface area contributed by atoms with E-state index in [4.69, 9.17) is 4.74 Å². The van der Waals surface area contributed by atoms with Gasteiger partial charge in [-0.2, -0.15) is 0 Å². The third kappa shape index (κ3) is 4.70. The van der Waals surface area contributed by atoms with E-state index >= 15 is 0 Å². The number of aromatic nitrogens is 3. The summed E-state index contributed by atoms with van der Waals surface area (Å²) in [6, 6.07) is 20.2. The minimum absolute atomic E-state index is 0.0814. The van der Waals surface area contributed by atoms with Crippen LogP contribution in [0.25, 0.3) is 10.9 Å². The number of hydrogen-bond donors (Lipinski definition) is 1. The first kappa shape index (κ1) is 19.3. The maximum Gasteiger partial charge on any atom is 0.261 e. The maximum atomic E-state index is 12.5. The van der Waals surface area contributed by atoms with Gasteiger partial charge >= 0.3 is 0 Å². The second kappa shape index (κ2) is 9.00. The lowest BCUT2D eigenvalue weighted by atomic mass is 10.2. The largest absolute Gasteiger partial charge is 0.487 e. The van der Waals surface area contributed by atoms with Gasteiger partial charge < -0.3 is 10.1 Å². The van der Waals surface area contributed by atoms with Crippen LogP contribution in [0.2, 0.25) is 0 Å². The van der Waals surface area contributed by atoms with Gasteiger partial charge in [0.1, 0.15) is 18.9 Å². The quantitative estimate of drug-likeness (QED) is 0.515. The topological polar surface area (TPSA) is 86.1 Å². The highest BCUT2D eigenvalue weighted by molar-refractivity contribution is 5.78. The van der Waals surface area contributed by atoms with Gasteiger partial charge in [0.2, 0.25) is 5.91 Å². The number of amides is 1. The summed E-state index contributed by atoms with van der Waals surface area (Å²) in [5.41, 5.74) is 2.17. The van der Waals surface area contributed by atoms with E-state index in [2.05, 4.69) is 15.3 Å². The van der Waals surface area contributed by atoms with Crippen LogP contribution in [0.1, 0.15) is 11.3 Å². The molecule has 7 heteroatoms. The minimum atomic E-state index is -0.260. The Morgan fingerprint density at radius 2 is 1.77 bits per heavy atom. The summed E-state index contributed by atoms with van der Waals surface area (Å²) in [4.78, 5) is 33.2. The number of carbonyl (C=O) groups is 1. The van der Waals surface area contributed by atoms with E-state index in [0.29, 0.717) is 24.1 Å². The van der Waals surface area contributed by atoms with Crippen LogP contribution < -0.4 is 15.6 Å². The zero-order valence-electron chi connectivity index (χ0n) is 16.2. The van der Waals surface area contributed by atoms with Gasteiger partial charge in [-0.15, -0.1) is 0 Å². The zero-order valence-corrected chi connectivity index (χ0v) is 16.2. The van der Waals surface area contributed by atoms with Gasteiger partial charge in [0, 0.05) is 12.7 Å². The van der Waals surface area contributed by atoms with Gasteiger partial charge in [0.15, 0.2) is 0 Å². The van der Waals surface area contributed by atoms with Crippen molar-refractivity contribution < 1.29 is 9.53 Å². The summed E-state index contributed by atoms with van der Waals surface area (Å²) in [6.45, 7) is 0.669. The number of nitrogens with one attached hydrogen (secondary N) is 1. The monoisotopic (exact) mass is 400 g/mol. The fraction of sp³-hybridized carbons (Fsp3) is 0.130. The number of fused-ring (bicyclic) bond motifs is 1. The molecule has 0 spiro atoms. The van der Waals surface area contributed by atoms with E-state index in [-0.39, 0.29) is 18.0 Å². The van der Waals surface area contributed by atoms with Gasteiger partial charge in [0.25, 0.3) is 5.56 Å². The first-order chi connectivity index (χ1) is 14.7. The van der Waals surface area contributed by atoms with Gasteiger partial charge in [-0.3, -0.25) is 19.1 Å². The summed E-state index contributed by atoms with van der Waals surface area (Å²) in [6.07, 6.45) is 3.13. The molecule has 0 bridgehead atoms. The lowest BCUT2D eigenvalue weighted by Gasteiger charge is -2.09. The van der Waals surface area contributed by atoms with Crippen molar-refractivity contribution in [3.63, 3.8) is 0 Å². The molecule has 0 aliphatic rings. The summed E-state index contributed by atoms with van der Waals surface area (Å²) in [7, 11) is 0. The number of pyridine rings is 1. The van der Waals surface area contributed by atoms with Crippen molar-refractivity contribution in [2.45, 2.75) is 19.7 Å². The predicted molar refractivity (Wildman–Crippen MR) is 113 cm³/mol. The van der Waals surface area contributed by atoms with E-state index in [1.165, 1.54) is 10.9 Å².